The fraction of sp³-hybridized carbons (Fsp3) is 0.433. The Morgan fingerprint density at radius 3 is 1.88 bits per heavy atom. The molecule has 0 aliphatic carbocycles. The van der Waals surface area contributed by atoms with Gasteiger partial charge in [-0.3, -0.25) is 14.4 Å². The highest BCUT2D eigenvalue weighted by atomic mass is 16.5. The van der Waals surface area contributed by atoms with Gasteiger partial charge in [0.1, 0.15) is 17.5 Å². The van der Waals surface area contributed by atoms with Gasteiger partial charge in [-0.2, -0.15) is 0 Å². The zero-order valence-corrected chi connectivity index (χ0v) is 25.1. The predicted octanol–water partition coefficient (Wildman–Crippen LogP) is 2.47. The Morgan fingerprint density at radius 2 is 1.35 bits per heavy atom. The van der Waals surface area contributed by atoms with Gasteiger partial charge < -0.3 is 41.2 Å². The van der Waals surface area contributed by atoms with Crippen molar-refractivity contribution < 1.29 is 38.6 Å². The summed E-state index contributed by atoms with van der Waals surface area (Å²) in [5.41, 5.74) is 2.12. The van der Waals surface area contributed by atoms with Gasteiger partial charge in [0.15, 0.2) is 0 Å². The highest BCUT2D eigenvalue weighted by Gasteiger charge is 2.29. The molecule has 0 heterocycles. The number of carbonyl (C=O) groups is 5. The maximum atomic E-state index is 13.2. The van der Waals surface area contributed by atoms with Crippen LogP contribution in [0.1, 0.15) is 50.3 Å². The van der Waals surface area contributed by atoms with Crippen LogP contribution in [0.3, 0.4) is 0 Å². The normalized spacial score (nSPS) is 12.0. The van der Waals surface area contributed by atoms with Crippen molar-refractivity contribution in [1.29, 1.82) is 0 Å². The lowest BCUT2D eigenvalue weighted by Crippen LogP contribution is -2.55. The van der Waals surface area contributed by atoms with Gasteiger partial charge in [0.05, 0.1) is 20.3 Å². The molecule has 0 radical (unpaired) electrons. The summed E-state index contributed by atoms with van der Waals surface area (Å²) in [6.07, 6.45) is -0.678. The molecule has 0 fully saturated rings. The highest BCUT2D eigenvalue weighted by molar-refractivity contribution is 6.38. The van der Waals surface area contributed by atoms with E-state index >= 15 is 0 Å². The fourth-order valence-corrected chi connectivity index (χ4v) is 4.14. The first kappa shape index (κ1) is 34.4. The number of carbonyl (C=O) groups excluding carboxylic acids is 4. The molecule has 2 aromatic rings. The molecule has 0 bridgehead atoms. The number of hydrogen-bond donors (Lipinski definition) is 6. The molecule has 5 amide bonds. The highest BCUT2D eigenvalue weighted by Crippen LogP contribution is 2.22. The van der Waals surface area contributed by atoms with Gasteiger partial charge in [-0.1, -0.05) is 45.0 Å². The van der Waals surface area contributed by atoms with Crippen LogP contribution < -0.4 is 36.1 Å². The van der Waals surface area contributed by atoms with E-state index in [-0.39, 0.29) is 32.0 Å². The van der Waals surface area contributed by atoms with E-state index < -0.39 is 41.8 Å². The Morgan fingerprint density at radius 1 is 0.767 bits per heavy atom. The number of methoxy groups -OCH3 is 2. The van der Waals surface area contributed by atoms with E-state index in [0.29, 0.717) is 23.5 Å². The van der Waals surface area contributed by atoms with Crippen LogP contribution in [-0.2, 0) is 34.0 Å². The molecule has 0 saturated heterocycles. The molecule has 1 unspecified atom stereocenters. The van der Waals surface area contributed by atoms with Crippen molar-refractivity contribution in [2.45, 2.75) is 65.3 Å². The minimum atomic E-state index is -1.14. The van der Waals surface area contributed by atoms with Gasteiger partial charge in [-0.15, -0.1) is 0 Å². The Bertz CT molecular complexity index is 1260. The summed E-state index contributed by atoms with van der Waals surface area (Å²) >= 11 is 0. The number of Topliss-reactive ketones (excluding diaryl/α,β-unsaturated/α-hetero) is 1. The van der Waals surface area contributed by atoms with E-state index in [2.05, 4.69) is 26.6 Å². The van der Waals surface area contributed by atoms with Crippen LogP contribution in [0.25, 0.3) is 0 Å². The van der Waals surface area contributed by atoms with Crippen molar-refractivity contribution in [1.82, 2.24) is 26.6 Å². The number of carboxylic acid groups (broad SMARTS) is 1. The van der Waals surface area contributed by atoms with E-state index in [0.717, 1.165) is 11.1 Å². The summed E-state index contributed by atoms with van der Waals surface area (Å²) in [6.45, 7) is 5.75. The third kappa shape index (κ3) is 11.9. The number of nitrogens with one attached hydrogen (secondary N) is 5. The molecule has 13 heteroatoms. The summed E-state index contributed by atoms with van der Waals surface area (Å²) in [6, 6.07) is 9.47. The van der Waals surface area contributed by atoms with Crippen molar-refractivity contribution >= 4 is 29.7 Å². The van der Waals surface area contributed by atoms with E-state index in [9.17, 15) is 24.0 Å². The lowest BCUT2D eigenvalue weighted by atomic mass is 10.0. The van der Waals surface area contributed by atoms with Crippen molar-refractivity contribution in [3.63, 3.8) is 0 Å². The number of urea groups is 1. The van der Waals surface area contributed by atoms with E-state index in [1.165, 1.54) is 14.2 Å². The number of rotatable bonds is 16. The van der Waals surface area contributed by atoms with Crippen molar-refractivity contribution in [3.05, 3.63) is 59.2 Å². The van der Waals surface area contributed by atoms with E-state index in [1.54, 1.807) is 49.4 Å². The molecular weight excluding hydrogens is 558 g/mol. The fourth-order valence-electron chi connectivity index (χ4n) is 4.14. The molecule has 0 saturated carbocycles. The third-order valence-electron chi connectivity index (χ3n) is 6.35. The maximum Gasteiger partial charge on any atom is 0.404 e. The molecule has 13 nitrogen and oxygen atoms in total. The number of benzene rings is 2. The average molecular weight is 600 g/mol. The molecule has 0 aromatic heterocycles. The maximum absolute atomic E-state index is 13.2. The molecule has 0 spiro atoms. The number of ether oxygens (including phenoxy) is 2. The second kappa shape index (κ2) is 17.2. The van der Waals surface area contributed by atoms with Crippen LogP contribution in [0.15, 0.2) is 42.5 Å². The van der Waals surface area contributed by atoms with Crippen LogP contribution in [0.2, 0.25) is 0 Å². The SMILES string of the molecule is CCC(NC(=O)[C@H](CC(C)C)NC(=O)NCc1cccc(CNC(=O)O)c1)C(=O)C(=O)NCc1cc(OC)cc(OC)c1. The molecular formula is C30H41N5O8. The van der Waals surface area contributed by atoms with E-state index in [4.69, 9.17) is 14.6 Å². The van der Waals surface area contributed by atoms with Crippen LogP contribution in [0, 0.1) is 5.92 Å². The Hall–Kier alpha value is -4.81. The molecule has 2 aromatic carbocycles. The van der Waals surface area contributed by atoms with Gasteiger partial charge in [-0.25, -0.2) is 9.59 Å². The van der Waals surface area contributed by atoms with Gasteiger partial charge >= 0.3 is 12.1 Å². The Labute approximate surface area is 251 Å². The van der Waals surface area contributed by atoms with Crippen LogP contribution in [-0.4, -0.2) is 61.1 Å². The lowest BCUT2D eigenvalue weighted by molar-refractivity contribution is -0.140. The van der Waals surface area contributed by atoms with Crippen molar-refractivity contribution in [3.8, 4) is 11.5 Å². The predicted molar refractivity (Wildman–Crippen MR) is 159 cm³/mol. The zero-order valence-electron chi connectivity index (χ0n) is 25.1. The number of ketones is 1. The van der Waals surface area contributed by atoms with Crippen LogP contribution in [0.5, 0.6) is 11.5 Å². The molecule has 43 heavy (non-hydrogen) atoms. The smallest absolute Gasteiger partial charge is 0.404 e. The Kier molecular flexibility index (Phi) is 13.8. The minimum Gasteiger partial charge on any atom is -0.497 e. The first-order valence-corrected chi connectivity index (χ1v) is 13.9. The summed E-state index contributed by atoms with van der Waals surface area (Å²) in [4.78, 5) is 62.1. The summed E-state index contributed by atoms with van der Waals surface area (Å²) in [7, 11) is 3.01. The van der Waals surface area contributed by atoms with Crippen LogP contribution in [0.4, 0.5) is 9.59 Å². The topological polar surface area (TPSA) is 184 Å². The van der Waals surface area contributed by atoms with Gasteiger partial charge in [-0.05, 0) is 47.6 Å². The van der Waals surface area contributed by atoms with Crippen LogP contribution >= 0.6 is 0 Å². The molecule has 2 atom stereocenters. The Balaban J connectivity index is 1.97. The van der Waals surface area contributed by atoms with Gasteiger partial charge in [0, 0.05) is 25.7 Å². The van der Waals surface area contributed by atoms with Gasteiger partial charge in [0.25, 0.3) is 5.91 Å². The number of hydrogen-bond acceptors (Lipinski definition) is 7. The number of amides is 5. The minimum absolute atomic E-state index is 0.0356. The average Bonchev–Trinajstić information content (AvgIpc) is 2.99. The second-order valence-electron chi connectivity index (χ2n) is 10.2. The molecule has 2 rings (SSSR count). The second-order valence-corrected chi connectivity index (χ2v) is 10.2. The molecule has 0 aliphatic heterocycles. The summed E-state index contributed by atoms with van der Waals surface area (Å²) in [5, 5.41) is 21.6. The lowest BCUT2D eigenvalue weighted by Gasteiger charge is -2.23. The summed E-state index contributed by atoms with van der Waals surface area (Å²) < 4.78 is 10.4. The molecule has 234 valence electrons. The first-order chi connectivity index (χ1) is 20.4. The van der Waals surface area contributed by atoms with E-state index in [1.807, 2.05) is 13.8 Å². The standard InChI is InChI=1S/C30H41N5O8/c1-6-24(26(36)28(38)31-17-21-12-22(42-4)14-23(13-21)43-5)34-27(37)25(10-18(2)3)35-29(39)32-15-19-8-7-9-20(11-19)16-33-30(40)41/h7-9,11-14,18,24-25,33H,6,10,15-17H2,1-5H3,(H,31,38)(H,34,37)(H,40,41)(H2,32,35,39)/t24?,25-/m0/s1. The zero-order chi connectivity index (χ0) is 31.9. The van der Waals surface area contributed by atoms with Crippen molar-refractivity contribution in [2.75, 3.05) is 14.2 Å². The largest absolute Gasteiger partial charge is 0.497 e. The quantitative estimate of drug-likeness (QED) is 0.159. The third-order valence-corrected chi connectivity index (χ3v) is 6.35. The van der Waals surface area contributed by atoms with Gasteiger partial charge in [0.2, 0.25) is 11.7 Å². The first-order valence-electron chi connectivity index (χ1n) is 13.9. The molecule has 6 N–H and O–H groups in total. The summed E-state index contributed by atoms with van der Waals surface area (Å²) in [5.74, 6) is -1.16. The monoisotopic (exact) mass is 599 g/mol. The van der Waals surface area contributed by atoms with Crippen molar-refractivity contribution in [2.24, 2.45) is 5.92 Å². The molecule has 0 aliphatic rings.